The first-order valence-electron chi connectivity index (χ1n) is 6.29. The third kappa shape index (κ3) is 4.07. The highest BCUT2D eigenvalue weighted by Gasteiger charge is 2.29. The fourth-order valence-corrected chi connectivity index (χ4v) is 3.13. The number of aliphatic carboxylic acids is 1. The number of carboxylic acids is 1. The molecule has 21 heavy (non-hydrogen) atoms. The van der Waals surface area contributed by atoms with Crippen LogP contribution >= 0.6 is 11.8 Å². The first-order valence-corrected chi connectivity index (χ1v) is 7.45. The van der Waals surface area contributed by atoms with Crippen LogP contribution in [0, 0.1) is 11.6 Å². The molecule has 1 saturated heterocycles. The fourth-order valence-electron chi connectivity index (χ4n) is 2.07. The van der Waals surface area contributed by atoms with Gasteiger partial charge in [0, 0.05) is 24.1 Å². The molecule has 1 fully saturated rings. The van der Waals surface area contributed by atoms with E-state index in [4.69, 9.17) is 5.11 Å². The van der Waals surface area contributed by atoms with Crippen LogP contribution < -0.4 is 5.32 Å². The zero-order valence-electron chi connectivity index (χ0n) is 11.0. The number of carbonyl (C=O) groups is 2. The summed E-state index contributed by atoms with van der Waals surface area (Å²) in [6, 6.07) is 1.83. The molecule has 5 nitrogen and oxygen atoms in total. The number of nitrogens with one attached hydrogen (secondary N) is 1. The molecule has 1 aliphatic rings. The van der Waals surface area contributed by atoms with Crippen molar-refractivity contribution in [3.63, 3.8) is 0 Å². The van der Waals surface area contributed by atoms with Gasteiger partial charge >= 0.3 is 12.0 Å². The Morgan fingerprint density at radius 2 is 2.19 bits per heavy atom. The molecule has 1 aliphatic heterocycles. The number of amides is 2. The van der Waals surface area contributed by atoms with Crippen LogP contribution in [0.3, 0.4) is 0 Å². The van der Waals surface area contributed by atoms with E-state index >= 15 is 0 Å². The molecule has 114 valence electrons. The molecule has 0 saturated carbocycles. The summed E-state index contributed by atoms with van der Waals surface area (Å²) >= 11 is 1.57. The minimum absolute atomic E-state index is 0.131. The van der Waals surface area contributed by atoms with Crippen LogP contribution in [0.5, 0.6) is 0 Å². The smallest absolute Gasteiger partial charge is 0.322 e. The summed E-state index contributed by atoms with van der Waals surface area (Å²) in [5.41, 5.74) is -0.131. The molecule has 0 aromatic heterocycles. The van der Waals surface area contributed by atoms with Gasteiger partial charge in [-0.3, -0.25) is 4.79 Å². The first-order chi connectivity index (χ1) is 9.97. The molecule has 2 rings (SSSR count). The van der Waals surface area contributed by atoms with Crippen molar-refractivity contribution in [2.45, 2.75) is 12.5 Å². The highest BCUT2D eigenvalue weighted by atomic mass is 32.2. The maximum atomic E-state index is 13.5. The normalized spacial score (nSPS) is 18.4. The number of carboxylic acid groups (broad SMARTS) is 1. The Morgan fingerprint density at radius 3 is 2.86 bits per heavy atom. The van der Waals surface area contributed by atoms with Crippen molar-refractivity contribution >= 4 is 29.4 Å². The van der Waals surface area contributed by atoms with Gasteiger partial charge in [0.2, 0.25) is 0 Å². The molecule has 1 atom stereocenters. The van der Waals surface area contributed by atoms with Gasteiger partial charge in [0.05, 0.1) is 18.2 Å². The predicted octanol–water partition coefficient (Wildman–Crippen LogP) is 2.39. The summed E-state index contributed by atoms with van der Waals surface area (Å²) < 4.78 is 26.3. The molecule has 2 amide bonds. The highest BCUT2D eigenvalue weighted by Crippen LogP contribution is 2.21. The van der Waals surface area contributed by atoms with Gasteiger partial charge in [-0.1, -0.05) is 0 Å². The number of hydrogen-bond donors (Lipinski definition) is 2. The van der Waals surface area contributed by atoms with E-state index in [1.807, 2.05) is 0 Å². The Kier molecular flexibility index (Phi) is 5.00. The van der Waals surface area contributed by atoms with Crippen molar-refractivity contribution < 1.29 is 23.5 Å². The third-order valence-corrected chi connectivity index (χ3v) is 4.16. The SMILES string of the molecule is O=C(O)CC1CSCCN1C(=O)Nc1ccc(F)cc1F. The Bertz CT molecular complexity index is 556. The summed E-state index contributed by atoms with van der Waals surface area (Å²) in [6.07, 6.45) is -0.160. The van der Waals surface area contributed by atoms with Crippen LogP contribution in [0.15, 0.2) is 18.2 Å². The Labute approximate surface area is 124 Å². The van der Waals surface area contributed by atoms with E-state index in [1.54, 1.807) is 11.8 Å². The van der Waals surface area contributed by atoms with E-state index in [9.17, 15) is 18.4 Å². The third-order valence-electron chi connectivity index (χ3n) is 3.07. The number of rotatable bonds is 3. The molecule has 1 aromatic rings. The van der Waals surface area contributed by atoms with E-state index in [0.717, 1.165) is 12.1 Å². The van der Waals surface area contributed by atoms with Gasteiger partial charge in [-0.2, -0.15) is 11.8 Å². The van der Waals surface area contributed by atoms with Crippen LogP contribution in [-0.2, 0) is 4.79 Å². The number of hydrogen-bond acceptors (Lipinski definition) is 3. The molecular formula is C13H14F2N2O3S. The average Bonchev–Trinajstić information content (AvgIpc) is 2.42. The lowest BCUT2D eigenvalue weighted by Crippen LogP contribution is -2.49. The van der Waals surface area contributed by atoms with Crippen LogP contribution in [0.2, 0.25) is 0 Å². The number of urea groups is 1. The van der Waals surface area contributed by atoms with Gasteiger partial charge in [0.15, 0.2) is 0 Å². The van der Waals surface area contributed by atoms with Gasteiger partial charge in [-0.05, 0) is 12.1 Å². The lowest BCUT2D eigenvalue weighted by Gasteiger charge is -2.34. The molecule has 1 unspecified atom stereocenters. The van der Waals surface area contributed by atoms with Crippen LogP contribution in [-0.4, -0.2) is 46.1 Å². The summed E-state index contributed by atoms with van der Waals surface area (Å²) in [7, 11) is 0. The lowest BCUT2D eigenvalue weighted by molar-refractivity contribution is -0.137. The van der Waals surface area contributed by atoms with Crippen molar-refractivity contribution in [2.75, 3.05) is 23.4 Å². The van der Waals surface area contributed by atoms with Gasteiger partial charge < -0.3 is 15.3 Å². The van der Waals surface area contributed by atoms with Gasteiger partial charge in [0.1, 0.15) is 11.6 Å². The van der Waals surface area contributed by atoms with Crippen molar-refractivity contribution in [1.29, 1.82) is 0 Å². The number of benzene rings is 1. The van der Waals surface area contributed by atoms with Crippen LogP contribution in [0.4, 0.5) is 19.3 Å². The molecule has 8 heteroatoms. The van der Waals surface area contributed by atoms with Crippen molar-refractivity contribution in [1.82, 2.24) is 4.90 Å². The second kappa shape index (κ2) is 6.75. The highest BCUT2D eigenvalue weighted by molar-refractivity contribution is 7.99. The molecule has 1 heterocycles. The largest absolute Gasteiger partial charge is 0.481 e. The fraction of sp³-hybridized carbons (Fsp3) is 0.385. The molecule has 2 N–H and O–H groups in total. The predicted molar refractivity (Wildman–Crippen MR) is 75.4 cm³/mol. The summed E-state index contributed by atoms with van der Waals surface area (Å²) in [6.45, 7) is 0.386. The van der Waals surface area contributed by atoms with E-state index in [1.165, 1.54) is 4.90 Å². The minimum Gasteiger partial charge on any atom is -0.481 e. The number of thioether (sulfide) groups is 1. The minimum atomic E-state index is -0.992. The van der Waals surface area contributed by atoms with Gasteiger partial charge in [-0.25, -0.2) is 13.6 Å². The second-order valence-electron chi connectivity index (χ2n) is 4.57. The number of nitrogens with zero attached hydrogens (tertiary/aromatic N) is 1. The standard InChI is InChI=1S/C13H14F2N2O3S/c14-8-1-2-11(10(15)5-8)16-13(20)17-3-4-21-7-9(17)6-12(18)19/h1-2,5,9H,3-4,6-7H2,(H,16,20)(H,18,19). The molecule has 0 aliphatic carbocycles. The molecule has 0 bridgehead atoms. The zero-order valence-corrected chi connectivity index (χ0v) is 11.8. The number of halogens is 2. The van der Waals surface area contributed by atoms with E-state index in [-0.39, 0.29) is 12.1 Å². The Morgan fingerprint density at radius 1 is 1.43 bits per heavy atom. The Hall–Kier alpha value is -1.83. The second-order valence-corrected chi connectivity index (χ2v) is 5.72. The molecular weight excluding hydrogens is 302 g/mol. The zero-order chi connectivity index (χ0) is 15.4. The number of anilines is 1. The lowest BCUT2D eigenvalue weighted by atomic mass is 10.2. The monoisotopic (exact) mass is 316 g/mol. The van der Waals surface area contributed by atoms with E-state index in [0.29, 0.717) is 24.1 Å². The summed E-state index contributed by atoms with van der Waals surface area (Å²) in [5, 5.41) is 11.2. The maximum Gasteiger partial charge on any atom is 0.322 e. The summed E-state index contributed by atoms with van der Waals surface area (Å²) in [5.74, 6) is -1.39. The van der Waals surface area contributed by atoms with E-state index in [2.05, 4.69) is 5.32 Å². The summed E-state index contributed by atoms with van der Waals surface area (Å²) in [4.78, 5) is 24.3. The number of carbonyl (C=O) groups excluding carboxylic acids is 1. The molecule has 0 spiro atoms. The average molecular weight is 316 g/mol. The van der Waals surface area contributed by atoms with Crippen molar-refractivity contribution in [3.8, 4) is 0 Å². The maximum absolute atomic E-state index is 13.5. The van der Waals surface area contributed by atoms with Crippen LogP contribution in [0.1, 0.15) is 6.42 Å². The molecule has 0 radical (unpaired) electrons. The Balaban J connectivity index is 2.08. The van der Waals surface area contributed by atoms with E-state index < -0.39 is 29.7 Å². The van der Waals surface area contributed by atoms with Crippen LogP contribution in [0.25, 0.3) is 0 Å². The van der Waals surface area contributed by atoms with Gasteiger partial charge in [-0.15, -0.1) is 0 Å². The van der Waals surface area contributed by atoms with Crippen molar-refractivity contribution in [3.05, 3.63) is 29.8 Å². The molecule has 1 aromatic carbocycles. The topological polar surface area (TPSA) is 69.6 Å². The van der Waals surface area contributed by atoms with Gasteiger partial charge in [0.25, 0.3) is 0 Å². The first kappa shape index (κ1) is 15.6. The van der Waals surface area contributed by atoms with Crippen molar-refractivity contribution in [2.24, 2.45) is 0 Å². The quantitative estimate of drug-likeness (QED) is 0.898.